The van der Waals surface area contributed by atoms with Gasteiger partial charge in [-0.2, -0.15) is 0 Å². The third-order valence-electron chi connectivity index (χ3n) is 2.66. The average molecular weight is 219 g/mol. The van der Waals surface area contributed by atoms with E-state index in [0.29, 0.717) is 0 Å². The van der Waals surface area contributed by atoms with Gasteiger partial charge in [-0.15, -0.1) is 0 Å². The van der Waals surface area contributed by atoms with E-state index >= 15 is 0 Å². The maximum absolute atomic E-state index is 10.9. The number of anilines is 1. The summed E-state index contributed by atoms with van der Waals surface area (Å²) in [6.45, 7) is 9.40. The molecule has 0 unspecified atom stereocenters. The minimum absolute atomic E-state index is 0.162. The lowest BCUT2D eigenvalue weighted by atomic mass is 9.87. The van der Waals surface area contributed by atoms with Crippen LogP contribution in [0.4, 0.5) is 5.69 Å². The van der Waals surface area contributed by atoms with Gasteiger partial charge in [-0.05, 0) is 29.5 Å². The molecular weight excluding hydrogens is 198 g/mol. The molecule has 0 saturated heterocycles. The van der Waals surface area contributed by atoms with Crippen LogP contribution < -0.4 is 4.90 Å². The summed E-state index contributed by atoms with van der Waals surface area (Å²) in [5.74, 6) is 0. The topological polar surface area (TPSA) is 20.3 Å². The molecule has 0 spiro atoms. The summed E-state index contributed by atoms with van der Waals surface area (Å²) in [7, 11) is 0. The minimum atomic E-state index is 0.162. The summed E-state index contributed by atoms with van der Waals surface area (Å²) in [6, 6.07) is 8.23. The molecule has 0 aromatic heterocycles. The molecule has 1 rings (SSSR count). The van der Waals surface area contributed by atoms with Crippen molar-refractivity contribution in [3.05, 3.63) is 29.8 Å². The highest BCUT2D eigenvalue weighted by Crippen LogP contribution is 2.24. The lowest BCUT2D eigenvalue weighted by Gasteiger charge is -2.21. The van der Waals surface area contributed by atoms with Gasteiger partial charge in [0.05, 0.1) is 0 Å². The van der Waals surface area contributed by atoms with Crippen molar-refractivity contribution in [3.63, 3.8) is 0 Å². The summed E-state index contributed by atoms with van der Waals surface area (Å²) < 4.78 is 0. The first kappa shape index (κ1) is 12.8. The van der Waals surface area contributed by atoms with Gasteiger partial charge in [-0.1, -0.05) is 39.8 Å². The van der Waals surface area contributed by atoms with Crippen LogP contribution >= 0.6 is 0 Å². The quantitative estimate of drug-likeness (QED) is 0.711. The van der Waals surface area contributed by atoms with E-state index in [0.717, 1.165) is 25.1 Å². The van der Waals surface area contributed by atoms with Gasteiger partial charge in [0.25, 0.3) is 0 Å². The number of carbonyl (C=O) groups is 1. The Morgan fingerprint density at radius 3 is 2.12 bits per heavy atom. The first-order chi connectivity index (χ1) is 7.49. The predicted octanol–water partition coefficient (Wildman–Crippen LogP) is 3.36. The Balaban J connectivity index is 2.89. The molecule has 0 fully saturated rings. The van der Waals surface area contributed by atoms with Crippen molar-refractivity contribution in [2.45, 2.75) is 39.5 Å². The van der Waals surface area contributed by atoms with E-state index in [4.69, 9.17) is 0 Å². The molecular formula is C14H21NO. The monoisotopic (exact) mass is 219 g/mol. The number of rotatable bonds is 4. The van der Waals surface area contributed by atoms with Gasteiger partial charge >= 0.3 is 0 Å². The van der Waals surface area contributed by atoms with Crippen LogP contribution in [0.3, 0.4) is 0 Å². The Kier molecular flexibility index (Phi) is 4.11. The minimum Gasteiger partial charge on any atom is -0.315 e. The van der Waals surface area contributed by atoms with E-state index in [1.54, 1.807) is 4.90 Å². The summed E-state index contributed by atoms with van der Waals surface area (Å²) in [6.07, 6.45) is 1.87. The molecule has 0 aliphatic carbocycles. The number of amides is 1. The van der Waals surface area contributed by atoms with Crippen LogP contribution in [-0.4, -0.2) is 13.0 Å². The molecule has 0 saturated carbocycles. The summed E-state index contributed by atoms with van der Waals surface area (Å²) >= 11 is 0. The zero-order valence-corrected chi connectivity index (χ0v) is 10.7. The van der Waals surface area contributed by atoms with Gasteiger partial charge in [0.1, 0.15) is 0 Å². The van der Waals surface area contributed by atoms with Gasteiger partial charge in [0.2, 0.25) is 6.41 Å². The fourth-order valence-electron chi connectivity index (χ4n) is 1.64. The number of hydrogen-bond donors (Lipinski definition) is 0. The second-order valence-corrected chi connectivity index (χ2v) is 5.10. The zero-order valence-electron chi connectivity index (χ0n) is 10.7. The Morgan fingerprint density at radius 2 is 1.75 bits per heavy atom. The zero-order chi connectivity index (χ0) is 12.2. The summed E-state index contributed by atoms with van der Waals surface area (Å²) in [5, 5.41) is 0. The number of carbonyl (C=O) groups excluding carboxylic acids is 1. The van der Waals surface area contributed by atoms with Crippen molar-refractivity contribution < 1.29 is 4.79 Å². The molecule has 1 aromatic rings. The van der Waals surface area contributed by atoms with Crippen LogP contribution in [0.5, 0.6) is 0 Å². The molecule has 1 amide bonds. The molecule has 0 aliphatic rings. The highest BCUT2D eigenvalue weighted by atomic mass is 16.1. The van der Waals surface area contributed by atoms with Gasteiger partial charge in [-0.3, -0.25) is 4.79 Å². The first-order valence-corrected chi connectivity index (χ1v) is 5.81. The fourth-order valence-corrected chi connectivity index (χ4v) is 1.64. The summed E-state index contributed by atoms with van der Waals surface area (Å²) in [5.41, 5.74) is 2.43. The van der Waals surface area contributed by atoms with Crippen LogP contribution in [0.2, 0.25) is 0 Å². The normalized spacial score (nSPS) is 11.2. The highest BCUT2D eigenvalue weighted by Gasteiger charge is 2.13. The van der Waals surface area contributed by atoms with Gasteiger partial charge in [-0.25, -0.2) is 0 Å². The number of nitrogens with zero attached hydrogens (tertiary/aromatic N) is 1. The maximum Gasteiger partial charge on any atom is 0.214 e. The third-order valence-corrected chi connectivity index (χ3v) is 2.66. The van der Waals surface area contributed by atoms with E-state index < -0.39 is 0 Å². The Hall–Kier alpha value is -1.31. The predicted molar refractivity (Wildman–Crippen MR) is 68.8 cm³/mol. The Labute approximate surface area is 98.3 Å². The Bertz CT molecular complexity index is 335. The maximum atomic E-state index is 10.9. The van der Waals surface area contributed by atoms with Crippen molar-refractivity contribution >= 4 is 12.1 Å². The van der Waals surface area contributed by atoms with Crippen molar-refractivity contribution in [1.82, 2.24) is 0 Å². The van der Waals surface area contributed by atoms with Crippen LogP contribution in [-0.2, 0) is 10.2 Å². The molecule has 0 N–H and O–H groups in total. The molecule has 1 aromatic carbocycles. The summed E-state index contributed by atoms with van der Waals surface area (Å²) in [4.78, 5) is 12.6. The van der Waals surface area contributed by atoms with Gasteiger partial charge in [0.15, 0.2) is 0 Å². The smallest absolute Gasteiger partial charge is 0.214 e. The van der Waals surface area contributed by atoms with E-state index in [1.807, 2.05) is 12.1 Å². The highest BCUT2D eigenvalue weighted by molar-refractivity contribution is 5.74. The molecule has 2 heteroatoms. The van der Waals surface area contributed by atoms with Crippen molar-refractivity contribution in [1.29, 1.82) is 0 Å². The molecule has 88 valence electrons. The molecule has 0 radical (unpaired) electrons. The third kappa shape index (κ3) is 3.09. The lowest BCUT2D eigenvalue weighted by Crippen LogP contribution is -2.22. The second kappa shape index (κ2) is 5.15. The van der Waals surface area contributed by atoms with Gasteiger partial charge < -0.3 is 4.90 Å². The molecule has 2 nitrogen and oxygen atoms in total. The molecule has 16 heavy (non-hydrogen) atoms. The fraction of sp³-hybridized carbons (Fsp3) is 0.500. The van der Waals surface area contributed by atoms with Crippen LogP contribution in [0, 0.1) is 0 Å². The lowest BCUT2D eigenvalue weighted by molar-refractivity contribution is -0.107. The van der Waals surface area contributed by atoms with E-state index in [9.17, 15) is 4.79 Å². The average Bonchev–Trinajstić information content (AvgIpc) is 2.25. The number of benzene rings is 1. The number of hydrogen-bond acceptors (Lipinski definition) is 1. The van der Waals surface area contributed by atoms with E-state index in [1.165, 1.54) is 5.56 Å². The van der Waals surface area contributed by atoms with Crippen molar-refractivity contribution in [2.24, 2.45) is 0 Å². The first-order valence-electron chi connectivity index (χ1n) is 5.81. The van der Waals surface area contributed by atoms with Crippen molar-refractivity contribution in [3.8, 4) is 0 Å². The SMILES string of the molecule is CCCN(C=O)c1ccc(C(C)(C)C)cc1. The van der Waals surface area contributed by atoms with Crippen LogP contribution in [0.25, 0.3) is 0 Å². The molecule has 0 aliphatic heterocycles. The van der Waals surface area contributed by atoms with Gasteiger partial charge in [0, 0.05) is 12.2 Å². The largest absolute Gasteiger partial charge is 0.315 e. The van der Waals surface area contributed by atoms with Crippen LogP contribution in [0.1, 0.15) is 39.7 Å². The molecule has 0 bridgehead atoms. The van der Waals surface area contributed by atoms with Crippen molar-refractivity contribution in [2.75, 3.05) is 11.4 Å². The molecule has 0 atom stereocenters. The molecule has 0 heterocycles. The second-order valence-electron chi connectivity index (χ2n) is 5.10. The standard InChI is InChI=1S/C14H21NO/c1-5-10-15(11-16)13-8-6-12(7-9-13)14(2,3)4/h6-9,11H,5,10H2,1-4H3. The van der Waals surface area contributed by atoms with Crippen LogP contribution in [0.15, 0.2) is 24.3 Å². The van der Waals surface area contributed by atoms with E-state index in [-0.39, 0.29) is 5.41 Å². The van der Waals surface area contributed by atoms with E-state index in [2.05, 4.69) is 39.8 Å². The Morgan fingerprint density at radius 1 is 1.19 bits per heavy atom.